The molecule has 1 amide bonds. The van der Waals surface area contributed by atoms with Crippen LogP contribution in [0.3, 0.4) is 0 Å². The molecule has 6 heteroatoms. The Labute approximate surface area is 191 Å². The Hall–Kier alpha value is -2.09. The highest BCUT2D eigenvalue weighted by Gasteiger charge is 2.21. The van der Waals surface area contributed by atoms with Crippen LogP contribution in [0.1, 0.15) is 35.1 Å². The van der Waals surface area contributed by atoms with E-state index in [0.29, 0.717) is 19.5 Å². The zero-order valence-corrected chi connectivity index (χ0v) is 19.8. The largest absolute Gasteiger partial charge is 0.352 e. The maximum Gasteiger partial charge on any atom is 0.222 e. The van der Waals surface area contributed by atoms with Crippen LogP contribution in [0.15, 0.2) is 53.5 Å². The number of carbonyl (C=O) groups excluding carboxylic acids is 1. The molecule has 0 atom stereocenters. The molecule has 0 radical (unpaired) electrons. The van der Waals surface area contributed by atoms with Crippen LogP contribution in [0.2, 0.25) is 0 Å². The van der Waals surface area contributed by atoms with Crippen LogP contribution in [0.25, 0.3) is 0 Å². The molecule has 156 valence electrons. The van der Waals surface area contributed by atoms with Crippen molar-refractivity contribution in [2.75, 3.05) is 20.6 Å². The minimum Gasteiger partial charge on any atom is -0.352 e. The van der Waals surface area contributed by atoms with E-state index in [4.69, 9.17) is 0 Å². The first kappa shape index (κ1) is 23.2. The fourth-order valence-corrected chi connectivity index (χ4v) is 3.56. The number of nitrogens with zero attached hydrogens (tertiary/aromatic N) is 3. The number of hydrogen-bond donors (Lipinski definition) is 1. The summed E-state index contributed by atoms with van der Waals surface area (Å²) < 4.78 is 0. The summed E-state index contributed by atoms with van der Waals surface area (Å²) in [4.78, 5) is 20.5. The molecule has 5 nitrogen and oxygen atoms in total. The predicted octanol–water partition coefficient (Wildman–Crippen LogP) is 3.94. The molecule has 0 unspecified atom stereocenters. The van der Waals surface area contributed by atoms with E-state index < -0.39 is 0 Å². The number of halogens is 1. The van der Waals surface area contributed by atoms with Gasteiger partial charge in [0.2, 0.25) is 5.91 Å². The van der Waals surface area contributed by atoms with Crippen molar-refractivity contribution < 1.29 is 4.79 Å². The minimum absolute atomic E-state index is 0. The van der Waals surface area contributed by atoms with Crippen molar-refractivity contribution in [2.24, 2.45) is 4.99 Å². The summed E-state index contributed by atoms with van der Waals surface area (Å²) in [6, 6.07) is 16.9. The van der Waals surface area contributed by atoms with Crippen molar-refractivity contribution in [1.82, 2.24) is 15.1 Å². The van der Waals surface area contributed by atoms with Crippen LogP contribution < -0.4 is 5.32 Å². The van der Waals surface area contributed by atoms with Gasteiger partial charge in [-0.3, -0.25) is 9.79 Å². The number of carbonyl (C=O) groups is 1. The van der Waals surface area contributed by atoms with Gasteiger partial charge in [0.1, 0.15) is 0 Å². The Morgan fingerprint density at radius 1 is 1.14 bits per heavy atom. The second kappa shape index (κ2) is 11.2. The first-order chi connectivity index (χ1) is 13.6. The Balaban J connectivity index is 0.00000300. The molecule has 0 aliphatic carbocycles. The smallest absolute Gasteiger partial charge is 0.222 e. The molecule has 2 aromatic rings. The molecular formula is C23H31IN4O. The highest BCUT2D eigenvalue weighted by molar-refractivity contribution is 14.0. The first-order valence-corrected chi connectivity index (χ1v) is 9.88. The molecule has 1 saturated heterocycles. The number of nitrogens with one attached hydrogen (secondary N) is 1. The third-order valence-electron chi connectivity index (χ3n) is 5.20. The molecule has 2 aromatic carbocycles. The maximum absolute atomic E-state index is 12.0. The fraction of sp³-hybridized carbons (Fsp3) is 0.391. The number of amides is 1. The molecule has 1 aliphatic heterocycles. The standard InChI is InChI=1S/C23H30N4O.HI/c1-18-10-12-19(13-11-18)16-26(3)23(24-2)25-15-20-7-4-5-8-21(20)17-27-14-6-9-22(27)28;/h4-5,7-8,10-13H,6,9,14-17H2,1-3H3,(H,24,25);1H. The van der Waals surface area contributed by atoms with Crippen molar-refractivity contribution in [3.63, 3.8) is 0 Å². The van der Waals surface area contributed by atoms with Gasteiger partial charge in [0.05, 0.1) is 0 Å². The number of benzene rings is 2. The first-order valence-electron chi connectivity index (χ1n) is 9.88. The van der Waals surface area contributed by atoms with Gasteiger partial charge in [-0.15, -0.1) is 24.0 Å². The normalized spacial score (nSPS) is 14.0. The lowest BCUT2D eigenvalue weighted by molar-refractivity contribution is -0.128. The summed E-state index contributed by atoms with van der Waals surface area (Å²) in [5.41, 5.74) is 4.92. The van der Waals surface area contributed by atoms with Gasteiger partial charge in [0.15, 0.2) is 5.96 Å². The number of rotatable bonds is 6. The molecule has 3 rings (SSSR count). The second-order valence-corrected chi connectivity index (χ2v) is 7.43. The van der Waals surface area contributed by atoms with Crippen LogP contribution in [-0.2, 0) is 24.4 Å². The molecule has 29 heavy (non-hydrogen) atoms. The van der Waals surface area contributed by atoms with E-state index >= 15 is 0 Å². The highest BCUT2D eigenvalue weighted by atomic mass is 127. The molecule has 1 fully saturated rings. The molecule has 0 spiro atoms. The number of likely N-dealkylation sites (tertiary alicyclic amines) is 1. The van der Waals surface area contributed by atoms with Crippen LogP contribution in [0.5, 0.6) is 0 Å². The van der Waals surface area contributed by atoms with Crippen molar-refractivity contribution >= 4 is 35.8 Å². The van der Waals surface area contributed by atoms with Gasteiger partial charge in [-0.05, 0) is 30.0 Å². The molecule has 0 aromatic heterocycles. The van der Waals surface area contributed by atoms with Gasteiger partial charge in [0, 0.05) is 46.7 Å². The minimum atomic E-state index is 0. The van der Waals surface area contributed by atoms with Crippen molar-refractivity contribution in [1.29, 1.82) is 0 Å². The topological polar surface area (TPSA) is 47.9 Å². The third-order valence-corrected chi connectivity index (χ3v) is 5.20. The van der Waals surface area contributed by atoms with Crippen LogP contribution >= 0.6 is 24.0 Å². The summed E-state index contributed by atoms with van der Waals surface area (Å²) >= 11 is 0. The Morgan fingerprint density at radius 3 is 2.45 bits per heavy atom. The van der Waals surface area contributed by atoms with E-state index in [9.17, 15) is 4.79 Å². The van der Waals surface area contributed by atoms with Gasteiger partial charge in [-0.25, -0.2) is 0 Å². The zero-order valence-electron chi connectivity index (χ0n) is 17.5. The lowest BCUT2D eigenvalue weighted by Crippen LogP contribution is -2.38. The average Bonchev–Trinajstić information content (AvgIpc) is 3.10. The van der Waals surface area contributed by atoms with E-state index in [2.05, 4.69) is 58.5 Å². The van der Waals surface area contributed by atoms with Crippen LogP contribution in [0.4, 0.5) is 0 Å². The van der Waals surface area contributed by atoms with Crippen molar-refractivity contribution in [2.45, 2.75) is 39.4 Å². The summed E-state index contributed by atoms with van der Waals surface area (Å²) in [6.07, 6.45) is 1.65. The molecular weight excluding hydrogens is 475 g/mol. The Kier molecular flexibility index (Phi) is 8.95. The lowest BCUT2D eigenvalue weighted by atomic mass is 10.1. The van der Waals surface area contributed by atoms with Gasteiger partial charge < -0.3 is 15.1 Å². The quantitative estimate of drug-likeness (QED) is 0.367. The Bertz CT molecular complexity index is 835. The molecule has 0 bridgehead atoms. The lowest BCUT2D eigenvalue weighted by Gasteiger charge is -2.23. The van der Waals surface area contributed by atoms with E-state index in [-0.39, 0.29) is 29.9 Å². The molecule has 0 saturated carbocycles. The monoisotopic (exact) mass is 506 g/mol. The van der Waals surface area contributed by atoms with Crippen molar-refractivity contribution in [3.05, 3.63) is 70.8 Å². The Morgan fingerprint density at radius 2 is 1.83 bits per heavy atom. The van der Waals surface area contributed by atoms with Gasteiger partial charge in [-0.2, -0.15) is 0 Å². The number of aliphatic imine (C=N–C) groups is 1. The van der Waals surface area contributed by atoms with E-state index in [1.807, 2.05) is 31.1 Å². The van der Waals surface area contributed by atoms with Gasteiger partial charge >= 0.3 is 0 Å². The number of hydrogen-bond acceptors (Lipinski definition) is 2. The molecule has 1 N–H and O–H groups in total. The predicted molar refractivity (Wildman–Crippen MR) is 129 cm³/mol. The molecule has 1 aliphatic rings. The number of aryl methyl sites for hydroxylation is 1. The van der Waals surface area contributed by atoms with Gasteiger partial charge in [0.25, 0.3) is 0 Å². The zero-order chi connectivity index (χ0) is 19.9. The summed E-state index contributed by atoms with van der Waals surface area (Å²) in [6.45, 7) is 5.13. The highest BCUT2D eigenvalue weighted by Crippen LogP contribution is 2.17. The fourth-order valence-electron chi connectivity index (χ4n) is 3.56. The van der Waals surface area contributed by atoms with Crippen LogP contribution in [-0.4, -0.2) is 42.3 Å². The molecule has 1 heterocycles. The van der Waals surface area contributed by atoms with Crippen molar-refractivity contribution in [3.8, 4) is 0 Å². The SMILES string of the molecule is CN=C(NCc1ccccc1CN1CCCC1=O)N(C)Cc1ccc(C)cc1.I. The van der Waals surface area contributed by atoms with Gasteiger partial charge in [-0.1, -0.05) is 54.1 Å². The number of guanidine groups is 1. The van der Waals surface area contributed by atoms with E-state index in [1.54, 1.807) is 0 Å². The maximum atomic E-state index is 12.0. The third kappa shape index (κ3) is 6.45. The van der Waals surface area contributed by atoms with E-state index in [1.165, 1.54) is 22.3 Å². The second-order valence-electron chi connectivity index (χ2n) is 7.43. The summed E-state index contributed by atoms with van der Waals surface area (Å²) in [5, 5.41) is 3.47. The van der Waals surface area contributed by atoms with E-state index in [0.717, 1.165) is 25.5 Å². The summed E-state index contributed by atoms with van der Waals surface area (Å²) in [5.74, 6) is 1.11. The summed E-state index contributed by atoms with van der Waals surface area (Å²) in [7, 11) is 3.85. The van der Waals surface area contributed by atoms with Crippen LogP contribution in [0, 0.1) is 6.92 Å². The average molecular weight is 506 g/mol.